The number of hydrogen-bond acceptors (Lipinski definition) is 3. The molecule has 1 aromatic carbocycles. The molecule has 1 aromatic rings. The van der Waals surface area contributed by atoms with E-state index in [1.54, 1.807) is 0 Å². The van der Waals surface area contributed by atoms with Crippen molar-refractivity contribution in [1.29, 1.82) is 0 Å². The monoisotopic (exact) mass is 348 g/mol. The lowest BCUT2D eigenvalue weighted by atomic mass is 9.96. The summed E-state index contributed by atoms with van der Waals surface area (Å²) in [5.74, 6) is 1.20. The first-order valence-corrected chi connectivity index (χ1v) is 9.81. The minimum Gasteiger partial charge on any atom is -0.356 e. The molecular weight excluding hydrogens is 320 g/mol. The summed E-state index contributed by atoms with van der Waals surface area (Å²) in [5.41, 5.74) is 0. The molecule has 1 heterocycles. The van der Waals surface area contributed by atoms with Gasteiger partial charge >= 0.3 is 0 Å². The van der Waals surface area contributed by atoms with Gasteiger partial charge in [-0.3, -0.25) is 9.59 Å². The number of nitrogens with zero attached hydrogens (tertiary/aromatic N) is 1. The van der Waals surface area contributed by atoms with E-state index < -0.39 is 0 Å². The van der Waals surface area contributed by atoms with Gasteiger partial charge in [-0.05, 0) is 37.1 Å². The van der Waals surface area contributed by atoms with Crippen LogP contribution in [0.3, 0.4) is 0 Å². The molecule has 1 aliphatic heterocycles. The van der Waals surface area contributed by atoms with Crippen LogP contribution in [0.5, 0.6) is 0 Å². The summed E-state index contributed by atoms with van der Waals surface area (Å²) < 4.78 is 0. The van der Waals surface area contributed by atoms with Gasteiger partial charge in [0, 0.05) is 30.4 Å². The van der Waals surface area contributed by atoms with E-state index in [9.17, 15) is 9.59 Å². The number of piperidine rings is 1. The Labute approximate surface area is 149 Å². The van der Waals surface area contributed by atoms with Crippen molar-refractivity contribution in [2.24, 2.45) is 11.8 Å². The highest BCUT2D eigenvalue weighted by Gasteiger charge is 2.28. The summed E-state index contributed by atoms with van der Waals surface area (Å²) in [4.78, 5) is 27.5. The minimum absolute atomic E-state index is 0.00169. The van der Waals surface area contributed by atoms with Crippen molar-refractivity contribution in [2.45, 2.75) is 38.0 Å². The molecule has 0 bridgehead atoms. The second kappa shape index (κ2) is 9.72. The van der Waals surface area contributed by atoms with E-state index in [0.29, 0.717) is 13.1 Å². The second-order valence-electron chi connectivity index (χ2n) is 6.58. The summed E-state index contributed by atoms with van der Waals surface area (Å²) in [6.45, 7) is 5.89. The number of thioether (sulfide) groups is 1. The molecule has 24 heavy (non-hydrogen) atoms. The fourth-order valence-corrected chi connectivity index (χ4v) is 3.77. The number of nitrogens with one attached hydrogen (secondary N) is 1. The molecule has 1 atom stereocenters. The summed E-state index contributed by atoms with van der Waals surface area (Å²) in [7, 11) is 0. The zero-order chi connectivity index (χ0) is 17.4. The summed E-state index contributed by atoms with van der Waals surface area (Å²) in [6, 6.07) is 10.3. The summed E-state index contributed by atoms with van der Waals surface area (Å²) in [5, 5.41) is 3.04. The standard InChI is InChI=1S/C19H28N2O2S/c1-15(2)19(23)21-12-6-8-16(14-21)18(22)20-11-7-13-24-17-9-4-3-5-10-17/h3-5,9-10,15-16H,6-8,11-14H2,1-2H3,(H,20,22)/t16-/m1/s1. The normalized spacial score (nSPS) is 17.8. The molecule has 2 rings (SSSR count). The van der Waals surface area contributed by atoms with Gasteiger partial charge in [0.05, 0.1) is 5.92 Å². The molecule has 0 aliphatic carbocycles. The van der Waals surface area contributed by atoms with Crippen molar-refractivity contribution in [3.63, 3.8) is 0 Å². The Morgan fingerprint density at radius 2 is 2.04 bits per heavy atom. The van der Waals surface area contributed by atoms with E-state index in [-0.39, 0.29) is 23.7 Å². The van der Waals surface area contributed by atoms with Crippen LogP contribution in [-0.4, -0.2) is 42.1 Å². The topological polar surface area (TPSA) is 49.4 Å². The molecule has 1 aliphatic rings. The zero-order valence-corrected chi connectivity index (χ0v) is 15.5. The van der Waals surface area contributed by atoms with Crippen molar-refractivity contribution < 1.29 is 9.59 Å². The maximum atomic E-state index is 12.3. The molecule has 0 spiro atoms. The highest BCUT2D eigenvalue weighted by molar-refractivity contribution is 7.99. The van der Waals surface area contributed by atoms with Crippen LogP contribution in [0.15, 0.2) is 35.2 Å². The van der Waals surface area contributed by atoms with Gasteiger partial charge in [-0.25, -0.2) is 0 Å². The third kappa shape index (κ3) is 5.86. The highest BCUT2D eigenvalue weighted by Crippen LogP contribution is 2.19. The number of benzene rings is 1. The predicted molar refractivity (Wildman–Crippen MR) is 98.9 cm³/mol. The third-order valence-corrected chi connectivity index (χ3v) is 5.33. The largest absolute Gasteiger partial charge is 0.356 e. The van der Waals surface area contributed by atoms with Crippen molar-refractivity contribution in [3.8, 4) is 0 Å². The highest BCUT2D eigenvalue weighted by atomic mass is 32.2. The van der Waals surface area contributed by atoms with Gasteiger partial charge in [0.1, 0.15) is 0 Å². The molecule has 5 heteroatoms. The smallest absolute Gasteiger partial charge is 0.225 e. The Balaban J connectivity index is 1.65. The predicted octanol–water partition coefficient (Wildman–Crippen LogP) is 3.18. The van der Waals surface area contributed by atoms with Gasteiger partial charge in [0.25, 0.3) is 0 Å². The fourth-order valence-electron chi connectivity index (χ4n) is 2.89. The lowest BCUT2D eigenvalue weighted by molar-refractivity contribution is -0.138. The van der Waals surface area contributed by atoms with Crippen LogP contribution in [-0.2, 0) is 9.59 Å². The maximum Gasteiger partial charge on any atom is 0.225 e. The van der Waals surface area contributed by atoms with Gasteiger partial charge in [0.15, 0.2) is 0 Å². The molecular formula is C19H28N2O2S. The van der Waals surface area contributed by atoms with E-state index in [2.05, 4.69) is 17.4 Å². The van der Waals surface area contributed by atoms with Crippen LogP contribution in [0.2, 0.25) is 0 Å². The quantitative estimate of drug-likeness (QED) is 0.608. The number of carbonyl (C=O) groups excluding carboxylic acids is 2. The fraction of sp³-hybridized carbons (Fsp3) is 0.579. The van der Waals surface area contributed by atoms with Crippen molar-refractivity contribution in [2.75, 3.05) is 25.4 Å². The Morgan fingerprint density at radius 3 is 2.75 bits per heavy atom. The minimum atomic E-state index is -0.0526. The second-order valence-corrected chi connectivity index (χ2v) is 7.75. The lowest BCUT2D eigenvalue weighted by Gasteiger charge is -2.33. The molecule has 1 N–H and O–H groups in total. The molecule has 132 valence electrons. The van der Waals surface area contributed by atoms with E-state index in [1.807, 2.05) is 48.7 Å². The van der Waals surface area contributed by atoms with Crippen LogP contribution in [0.1, 0.15) is 33.1 Å². The first-order chi connectivity index (χ1) is 11.6. The molecule has 0 aromatic heterocycles. The zero-order valence-electron chi connectivity index (χ0n) is 14.7. The van der Waals surface area contributed by atoms with Gasteiger partial charge in [-0.15, -0.1) is 11.8 Å². The Bertz CT molecular complexity index is 533. The molecule has 0 unspecified atom stereocenters. The van der Waals surface area contributed by atoms with Gasteiger partial charge in [-0.1, -0.05) is 32.0 Å². The first-order valence-electron chi connectivity index (χ1n) is 8.82. The average molecular weight is 349 g/mol. The molecule has 1 saturated heterocycles. The number of hydrogen-bond donors (Lipinski definition) is 1. The molecule has 4 nitrogen and oxygen atoms in total. The molecule has 2 amide bonds. The summed E-state index contributed by atoms with van der Waals surface area (Å²) in [6.07, 6.45) is 2.75. The maximum absolute atomic E-state index is 12.3. The van der Waals surface area contributed by atoms with E-state index in [1.165, 1.54) is 4.90 Å². The molecule has 1 fully saturated rings. The molecule has 0 radical (unpaired) electrons. The Kier molecular flexibility index (Phi) is 7.63. The van der Waals surface area contributed by atoms with Crippen LogP contribution >= 0.6 is 11.8 Å². The van der Waals surface area contributed by atoms with Crippen LogP contribution < -0.4 is 5.32 Å². The number of carbonyl (C=O) groups is 2. The average Bonchev–Trinajstić information content (AvgIpc) is 2.61. The van der Waals surface area contributed by atoms with E-state index in [4.69, 9.17) is 0 Å². The third-order valence-electron chi connectivity index (χ3n) is 4.23. The number of likely N-dealkylation sites (tertiary alicyclic amines) is 1. The summed E-state index contributed by atoms with van der Waals surface area (Å²) >= 11 is 1.81. The number of rotatable bonds is 7. The van der Waals surface area contributed by atoms with Crippen molar-refractivity contribution in [1.82, 2.24) is 10.2 Å². The Hall–Kier alpha value is -1.49. The van der Waals surface area contributed by atoms with Crippen molar-refractivity contribution in [3.05, 3.63) is 30.3 Å². The van der Waals surface area contributed by atoms with Gasteiger partial charge < -0.3 is 10.2 Å². The number of amides is 2. The van der Waals surface area contributed by atoms with Crippen LogP contribution in [0.4, 0.5) is 0 Å². The lowest BCUT2D eigenvalue weighted by Crippen LogP contribution is -2.46. The molecule has 0 saturated carbocycles. The Morgan fingerprint density at radius 1 is 1.29 bits per heavy atom. The van der Waals surface area contributed by atoms with Gasteiger partial charge in [0.2, 0.25) is 11.8 Å². The van der Waals surface area contributed by atoms with Crippen molar-refractivity contribution >= 4 is 23.6 Å². The van der Waals surface area contributed by atoms with Crippen LogP contribution in [0.25, 0.3) is 0 Å². The SMILES string of the molecule is CC(C)C(=O)N1CCC[C@@H](C(=O)NCCCSc2ccccc2)C1. The first kappa shape index (κ1) is 18.8. The van der Waals surface area contributed by atoms with E-state index >= 15 is 0 Å². The van der Waals surface area contributed by atoms with E-state index in [0.717, 1.165) is 31.6 Å². The van der Waals surface area contributed by atoms with Gasteiger partial charge in [-0.2, -0.15) is 0 Å². The van der Waals surface area contributed by atoms with Crippen LogP contribution in [0, 0.1) is 11.8 Å².